The second-order valence-electron chi connectivity index (χ2n) is 15.8. The average Bonchev–Trinajstić information content (AvgIpc) is 3.77. The van der Waals surface area contributed by atoms with Gasteiger partial charge in [0.2, 0.25) is 5.91 Å². The summed E-state index contributed by atoms with van der Waals surface area (Å²) in [6, 6.07) is 11.7. The molecule has 4 N–H and O–H groups in total. The van der Waals surface area contributed by atoms with Crippen LogP contribution in [0.2, 0.25) is 0 Å². The third kappa shape index (κ3) is 9.09. The van der Waals surface area contributed by atoms with E-state index in [1.807, 2.05) is 68.1 Å². The Hall–Kier alpha value is -3.14. The first-order chi connectivity index (χ1) is 24.4. The lowest BCUT2D eigenvalue weighted by Crippen LogP contribution is -2.51. The van der Waals surface area contributed by atoms with Gasteiger partial charge in [0, 0.05) is 68.1 Å². The zero-order valence-electron chi connectivity index (χ0n) is 33.0. The Kier molecular flexibility index (Phi) is 14.4. The minimum absolute atomic E-state index is 0.0688. The number of likely N-dealkylation sites (N-methyl/N-ethyl adjacent to an activating group) is 1. The van der Waals surface area contributed by atoms with Gasteiger partial charge in [0.1, 0.15) is 5.75 Å². The van der Waals surface area contributed by atoms with Gasteiger partial charge in [0.05, 0.1) is 13.2 Å². The molecule has 2 bridgehead atoms. The summed E-state index contributed by atoms with van der Waals surface area (Å²) in [7, 11) is 5.56. The van der Waals surface area contributed by atoms with Gasteiger partial charge < -0.3 is 25.8 Å². The number of carbonyl (C=O) groups excluding carboxylic acids is 2. The quantitative estimate of drug-likeness (QED) is 0.248. The van der Waals surface area contributed by atoms with Gasteiger partial charge in [0.15, 0.2) is 0 Å². The summed E-state index contributed by atoms with van der Waals surface area (Å²) in [5.74, 6) is 3.17. The van der Waals surface area contributed by atoms with Crippen molar-refractivity contribution in [2.75, 3.05) is 58.9 Å². The third-order valence-electron chi connectivity index (χ3n) is 12.4. The van der Waals surface area contributed by atoms with Gasteiger partial charge in [-0.05, 0) is 98.7 Å². The smallest absolute Gasteiger partial charge is 0.251 e. The number of para-hydroxylation sites is 1. The van der Waals surface area contributed by atoms with E-state index in [0.29, 0.717) is 48.8 Å². The highest BCUT2D eigenvalue weighted by molar-refractivity contribution is 5.97. The van der Waals surface area contributed by atoms with Crippen LogP contribution in [0.15, 0.2) is 36.4 Å². The molecule has 2 amide bonds. The van der Waals surface area contributed by atoms with Gasteiger partial charge in [-0.15, -0.1) is 0 Å². The van der Waals surface area contributed by atoms with Crippen molar-refractivity contribution in [3.63, 3.8) is 0 Å². The van der Waals surface area contributed by atoms with E-state index in [-0.39, 0.29) is 18.4 Å². The van der Waals surface area contributed by atoms with Crippen LogP contribution in [0.25, 0.3) is 11.1 Å². The van der Waals surface area contributed by atoms with Crippen LogP contribution >= 0.6 is 0 Å². The monoisotopic (exact) mass is 706 g/mol. The number of amides is 2. The van der Waals surface area contributed by atoms with E-state index >= 15 is 0 Å². The maximum absolute atomic E-state index is 13.3. The van der Waals surface area contributed by atoms with Gasteiger partial charge in [0.25, 0.3) is 5.91 Å². The van der Waals surface area contributed by atoms with Crippen LogP contribution in [0.4, 0.5) is 5.69 Å². The number of ether oxygens (including phenoxy) is 1. The molecule has 2 aromatic carbocycles. The van der Waals surface area contributed by atoms with Crippen LogP contribution in [0.3, 0.4) is 0 Å². The maximum Gasteiger partial charge on any atom is 0.251 e. The van der Waals surface area contributed by atoms with E-state index < -0.39 is 11.9 Å². The van der Waals surface area contributed by atoms with E-state index in [1.54, 1.807) is 7.11 Å². The van der Waals surface area contributed by atoms with Crippen molar-refractivity contribution in [1.82, 2.24) is 15.1 Å². The average molecular weight is 706 g/mol. The number of nitrogens with one attached hydrogen (secondary N) is 1. The SMILES string of the molecule is CC.CC1CCC2CC1C2(C)C.CCN1CCCC1CNC(=O)c1cc(-c2cccc(CN3CCC(CO)[C@H]3C(N)=O)c2OC)cc(N(C)C)c1. The molecule has 5 aliphatic rings. The maximum atomic E-state index is 13.3. The Morgan fingerprint density at radius 2 is 1.80 bits per heavy atom. The number of carbonyl (C=O) groups is 2. The molecule has 5 unspecified atom stereocenters. The number of hydrogen-bond donors (Lipinski definition) is 3. The number of aliphatic hydroxyl groups is 1. The van der Waals surface area contributed by atoms with Gasteiger partial charge >= 0.3 is 0 Å². The minimum atomic E-state index is -0.515. The number of likely N-dealkylation sites (tertiary alicyclic amines) is 2. The number of fused-ring (bicyclic) bond motifs is 2. The Morgan fingerprint density at radius 3 is 2.37 bits per heavy atom. The fraction of sp³-hybridized carbons (Fsp3) is 0.667. The molecule has 3 saturated carbocycles. The second-order valence-corrected chi connectivity index (χ2v) is 15.8. The highest BCUT2D eigenvalue weighted by Gasteiger charge is 2.52. The molecule has 0 radical (unpaired) electrons. The highest BCUT2D eigenvalue weighted by Crippen LogP contribution is 2.61. The summed E-state index contributed by atoms with van der Waals surface area (Å²) in [6.07, 6.45) is 7.53. The fourth-order valence-corrected chi connectivity index (χ4v) is 9.29. The molecule has 5 fully saturated rings. The zero-order valence-corrected chi connectivity index (χ0v) is 33.0. The van der Waals surface area contributed by atoms with E-state index in [0.717, 1.165) is 59.6 Å². The Balaban J connectivity index is 0.000000409. The summed E-state index contributed by atoms with van der Waals surface area (Å²) >= 11 is 0. The first kappa shape index (κ1) is 40.6. The van der Waals surface area contributed by atoms with E-state index in [4.69, 9.17) is 10.5 Å². The summed E-state index contributed by atoms with van der Waals surface area (Å²) in [5, 5.41) is 12.9. The van der Waals surface area contributed by atoms with Crippen LogP contribution in [-0.2, 0) is 11.3 Å². The number of nitrogens with zero attached hydrogens (tertiary/aromatic N) is 3. The molecular formula is C42H67N5O4. The highest BCUT2D eigenvalue weighted by atomic mass is 16.5. The second kappa shape index (κ2) is 18.1. The molecule has 0 aromatic heterocycles. The van der Waals surface area contributed by atoms with Crippen molar-refractivity contribution in [1.29, 1.82) is 0 Å². The van der Waals surface area contributed by atoms with Crippen molar-refractivity contribution in [3.05, 3.63) is 47.5 Å². The Bertz CT molecular complexity index is 1460. The lowest BCUT2D eigenvalue weighted by molar-refractivity contribution is -0.124. The largest absolute Gasteiger partial charge is 0.496 e. The zero-order chi connectivity index (χ0) is 37.5. The number of hydrogen-bond acceptors (Lipinski definition) is 7. The number of methoxy groups -OCH3 is 1. The summed E-state index contributed by atoms with van der Waals surface area (Å²) < 4.78 is 5.92. The third-order valence-corrected chi connectivity index (χ3v) is 12.4. The number of anilines is 1. The molecule has 2 aromatic rings. The minimum Gasteiger partial charge on any atom is -0.496 e. The predicted octanol–water partition coefficient (Wildman–Crippen LogP) is 6.42. The van der Waals surface area contributed by atoms with E-state index in [9.17, 15) is 14.7 Å². The van der Waals surface area contributed by atoms with Crippen LogP contribution in [-0.4, -0.2) is 92.8 Å². The fourth-order valence-electron chi connectivity index (χ4n) is 9.29. The molecule has 0 spiro atoms. The number of benzene rings is 2. The van der Waals surface area contributed by atoms with E-state index in [2.05, 4.69) is 44.0 Å². The van der Waals surface area contributed by atoms with Crippen molar-refractivity contribution in [3.8, 4) is 16.9 Å². The number of primary amides is 1. The molecule has 6 atom stereocenters. The lowest BCUT2D eigenvalue weighted by atomic mass is 9.46. The van der Waals surface area contributed by atoms with Gasteiger partial charge in [-0.25, -0.2) is 0 Å². The van der Waals surface area contributed by atoms with Gasteiger partial charge in [-0.1, -0.05) is 66.2 Å². The molecule has 2 heterocycles. The summed E-state index contributed by atoms with van der Waals surface area (Å²) in [4.78, 5) is 31.9. The Labute approximate surface area is 308 Å². The first-order valence-electron chi connectivity index (χ1n) is 19.5. The normalized spacial score (nSPS) is 26.5. The molecule has 284 valence electrons. The van der Waals surface area contributed by atoms with Crippen LogP contribution in [0.5, 0.6) is 5.75 Å². The van der Waals surface area contributed by atoms with E-state index in [1.165, 1.54) is 25.7 Å². The van der Waals surface area contributed by atoms with Crippen LogP contribution in [0.1, 0.15) is 96.0 Å². The molecule has 3 aliphatic carbocycles. The number of rotatable bonds is 11. The molecule has 9 nitrogen and oxygen atoms in total. The van der Waals surface area contributed by atoms with Crippen LogP contribution < -0.4 is 20.7 Å². The standard InChI is InChI=1S/C30H43N5O4.C10H18.C2H6/c1-5-34-12-7-9-24(34)17-32-30(38)23-14-22(15-25(16-23)33(2)3)26-10-6-8-20(28(26)39-4)18-35-13-11-21(19-36)27(35)29(31)37;1-7-4-5-8-6-9(7)10(8,2)3;1-2/h6,8,10,14-16,21,24,27,36H,5,7,9,11-13,17-19H2,1-4H3,(H2,31,37)(H,32,38);7-9H,4-6H2,1-3H3;1-2H3/t21?,24?,27-;;/m0../s1. The van der Waals surface area contributed by atoms with Crippen molar-refractivity contribution in [2.24, 2.45) is 34.8 Å². The predicted molar refractivity (Wildman–Crippen MR) is 209 cm³/mol. The molecule has 51 heavy (non-hydrogen) atoms. The number of nitrogens with two attached hydrogens (primary N) is 1. The van der Waals surface area contributed by atoms with Gasteiger partial charge in [-0.3, -0.25) is 19.4 Å². The van der Waals surface area contributed by atoms with Crippen molar-refractivity contribution >= 4 is 17.5 Å². The topological polar surface area (TPSA) is 111 Å². The molecule has 7 rings (SSSR count). The molecular weight excluding hydrogens is 638 g/mol. The molecule has 9 heteroatoms. The van der Waals surface area contributed by atoms with Crippen molar-refractivity contribution < 1.29 is 19.4 Å². The first-order valence-corrected chi connectivity index (χ1v) is 19.5. The summed E-state index contributed by atoms with van der Waals surface area (Å²) in [6.45, 7) is 17.3. The summed E-state index contributed by atoms with van der Waals surface area (Å²) in [5.41, 5.74) is 10.6. The Morgan fingerprint density at radius 1 is 1.06 bits per heavy atom. The van der Waals surface area contributed by atoms with Crippen molar-refractivity contribution in [2.45, 2.75) is 98.7 Å². The lowest BCUT2D eigenvalue weighted by Gasteiger charge is -2.59. The molecule has 2 aliphatic heterocycles. The number of aliphatic hydroxyl groups excluding tert-OH is 1. The molecule has 2 saturated heterocycles. The van der Waals surface area contributed by atoms with Gasteiger partial charge in [-0.2, -0.15) is 0 Å². The van der Waals surface area contributed by atoms with Crippen LogP contribution in [0, 0.1) is 29.1 Å².